The van der Waals surface area contributed by atoms with Gasteiger partial charge in [0.05, 0.1) is 7.11 Å². The number of nitrogens with two attached hydrogens (primary N) is 1. The molecular formula is C13H21N3O4S. The lowest BCUT2D eigenvalue weighted by Gasteiger charge is -2.22. The number of methoxy groups -OCH3 is 1. The molecule has 0 radical (unpaired) electrons. The predicted molar refractivity (Wildman–Crippen MR) is 77.3 cm³/mol. The molecule has 1 aliphatic rings. The van der Waals surface area contributed by atoms with Crippen molar-refractivity contribution in [3.63, 3.8) is 0 Å². The second-order valence-electron chi connectivity index (χ2n) is 5.77. The summed E-state index contributed by atoms with van der Waals surface area (Å²) < 4.78 is 32.8. The van der Waals surface area contributed by atoms with Crippen LogP contribution < -0.4 is 5.73 Å². The van der Waals surface area contributed by atoms with E-state index in [2.05, 4.69) is 4.74 Å². The van der Waals surface area contributed by atoms with Gasteiger partial charge < -0.3 is 15.0 Å². The van der Waals surface area contributed by atoms with Crippen molar-refractivity contribution in [2.45, 2.75) is 18.2 Å². The highest BCUT2D eigenvalue weighted by atomic mass is 32.2. The number of hydrogen-bond donors (Lipinski definition) is 1. The summed E-state index contributed by atoms with van der Waals surface area (Å²) in [6, 6.07) is 1.35. The Morgan fingerprint density at radius 2 is 2.19 bits per heavy atom. The summed E-state index contributed by atoms with van der Waals surface area (Å²) in [7, 11) is -0.743. The fourth-order valence-corrected chi connectivity index (χ4v) is 4.15. The van der Waals surface area contributed by atoms with Gasteiger partial charge in [-0.2, -0.15) is 4.31 Å². The Kier molecular flexibility index (Phi) is 4.14. The van der Waals surface area contributed by atoms with E-state index in [4.69, 9.17) is 5.73 Å². The van der Waals surface area contributed by atoms with Crippen LogP contribution in [0.2, 0.25) is 0 Å². The van der Waals surface area contributed by atoms with Crippen LogP contribution in [0.1, 0.15) is 23.8 Å². The van der Waals surface area contributed by atoms with Gasteiger partial charge in [0, 0.05) is 26.3 Å². The first-order valence-corrected chi connectivity index (χ1v) is 8.12. The minimum absolute atomic E-state index is 0.103. The molecule has 2 heterocycles. The van der Waals surface area contributed by atoms with E-state index in [0.717, 1.165) is 6.42 Å². The number of nitrogens with zero attached hydrogens (tertiary/aromatic N) is 2. The Hall–Kier alpha value is -1.38. The van der Waals surface area contributed by atoms with Gasteiger partial charge in [-0.25, -0.2) is 13.2 Å². The van der Waals surface area contributed by atoms with Gasteiger partial charge in [0.2, 0.25) is 10.0 Å². The zero-order valence-electron chi connectivity index (χ0n) is 12.5. The van der Waals surface area contributed by atoms with E-state index in [1.807, 2.05) is 6.92 Å². The first kappa shape index (κ1) is 16.0. The highest BCUT2D eigenvalue weighted by Gasteiger charge is 2.39. The largest absolute Gasteiger partial charge is 0.464 e. The summed E-state index contributed by atoms with van der Waals surface area (Å²) in [6.45, 7) is 3.27. The second kappa shape index (κ2) is 5.43. The minimum Gasteiger partial charge on any atom is -0.464 e. The highest BCUT2D eigenvalue weighted by Crippen LogP contribution is 2.32. The van der Waals surface area contributed by atoms with E-state index >= 15 is 0 Å². The Labute approximate surface area is 124 Å². The molecule has 1 aliphatic heterocycles. The van der Waals surface area contributed by atoms with Crippen molar-refractivity contribution < 1.29 is 17.9 Å². The number of esters is 1. The Bertz CT molecular complexity index is 652. The molecule has 1 aromatic heterocycles. The molecule has 21 heavy (non-hydrogen) atoms. The fraction of sp³-hybridized carbons (Fsp3) is 0.615. The van der Waals surface area contributed by atoms with Crippen molar-refractivity contribution in [3.8, 4) is 0 Å². The van der Waals surface area contributed by atoms with Crippen LogP contribution in [-0.2, 0) is 21.8 Å². The van der Waals surface area contributed by atoms with Crippen molar-refractivity contribution in [3.05, 3.63) is 18.0 Å². The maximum atomic E-state index is 12.6. The summed E-state index contributed by atoms with van der Waals surface area (Å²) >= 11 is 0. The number of rotatable bonds is 4. The van der Waals surface area contributed by atoms with E-state index in [1.54, 1.807) is 7.05 Å². The average molecular weight is 315 g/mol. The molecule has 0 bridgehead atoms. The summed E-state index contributed by atoms with van der Waals surface area (Å²) in [5.41, 5.74) is 5.73. The minimum atomic E-state index is -3.61. The van der Waals surface area contributed by atoms with E-state index < -0.39 is 16.0 Å². The third-order valence-electron chi connectivity index (χ3n) is 4.03. The van der Waals surface area contributed by atoms with E-state index in [0.29, 0.717) is 19.6 Å². The quantitative estimate of drug-likeness (QED) is 0.799. The molecule has 2 rings (SSSR count). The lowest BCUT2D eigenvalue weighted by molar-refractivity contribution is 0.0590. The SMILES string of the molecule is COC(=O)c1cc(S(=O)(=O)N2CCC(C)(CN)C2)cn1C. The van der Waals surface area contributed by atoms with Crippen molar-refractivity contribution in [1.29, 1.82) is 0 Å². The molecule has 0 aliphatic carbocycles. The number of sulfonamides is 1. The van der Waals surface area contributed by atoms with Gasteiger partial charge in [-0.1, -0.05) is 6.92 Å². The molecule has 0 spiro atoms. The molecule has 8 heteroatoms. The number of carbonyl (C=O) groups excluding carboxylic acids is 1. The monoisotopic (exact) mass is 315 g/mol. The Morgan fingerprint density at radius 1 is 1.52 bits per heavy atom. The van der Waals surface area contributed by atoms with Gasteiger partial charge in [0.1, 0.15) is 10.6 Å². The summed E-state index contributed by atoms with van der Waals surface area (Å²) in [5, 5.41) is 0. The van der Waals surface area contributed by atoms with Gasteiger partial charge in [0.25, 0.3) is 0 Å². The standard InChI is InChI=1S/C13H21N3O4S/c1-13(8-14)4-5-16(9-13)21(18,19)10-6-11(12(17)20-3)15(2)7-10/h6-7H,4-5,8-9,14H2,1-3H3. The van der Waals surface area contributed by atoms with Gasteiger partial charge in [-0.05, 0) is 24.4 Å². The number of aryl methyl sites for hydroxylation is 1. The molecule has 118 valence electrons. The van der Waals surface area contributed by atoms with Gasteiger partial charge in [-0.15, -0.1) is 0 Å². The van der Waals surface area contributed by atoms with Gasteiger partial charge in [0.15, 0.2) is 0 Å². The molecule has 0 aromatic carbocycles. The number of ether oxygens (including phenoxy) is 1. The summed E-state index contributed by atoms with van der Waals surface area (Å²) in [4.78, 5) is 11.7. The molecule has 1 fully saturated rings. The summed E-state index contributed by atoms with van der Waals surface area (Å²) in [5.74, 6) is -0.563. The molecule has 1 atom stereocenters. The lowest BCUT2D eigenvalue weighted by atomic mass is 9.90. The third kappa shape index (κ3) is 2.83. The predicted octanol–water partition coefficient (Wildman–Crippen LogP) is 0.171. The normalized spacial score (nSPS) is 23.4. The van der Waals surface area contributed by atoms with Gasteiger partial charge >= 0.3 is 5.97 Å². The van der Waals surface area contributed by atoms with Crippen LogP contribution in [-0.4, -0.2) is 50.0 Å². The van der Waals surface area contributed by atoms with Crippen molar-refractivity contribution >= 4 is 16.0 Å². The molecule has 2 N–H and O–H groups in total. The van der Waals surface area contributed by atoms with Crippen LogP contribution >= 0.6 is 0 Å². The van der Waals surface area contributed by atoms with Crippen LogP contribution in [0.25, 0.3) is 0 Å². The zero-order chi connectivity index (χ0) is 15.8. The van der Waals surface area contributed by atoms with Crippen LogP contribution in [0.15, 0.2) is 17.2 Å². The molecule has 1 saturated heterocycles. The highest BCUT2D eigenvalue weighted by molar-refractivity contribution is 7.89. The lowest BCUT2D eigenvalue weighted by Crippen LogP contribution is -2.34. The van der Waals surface area contributed by atoms with E-state index in [-0.39, 0.29) is 16.0 Å². The van der Waals surface area contributed by atoms with Crippen molar-refractivity contribution in [2.24, 2.45) is 18.2 Å². The van der Waals surface area contributed by atoms with E-state index in [1.165, 1.54) is 28.2 Å². The Balaban J connectivity index is 2.31. The van der Waals surface area contributed by atoms with Crippen molar-refractivity contribution in [2.75, 3.05) is 26.7 Å². The molecule has 1 aromatic rings. The molecule has 0 saturated carbocycles. The first-order valence-electron chi connectivity index (χ1n) is 6.68. The van der Waals surface area contributed by atoms with Crippen LogP contribution in [0, 0.1) is 5.41 Å². The number of carbonyl (C=O) groups is 1. The zero-order valence-corrected chi connectivity index (χ0v) is 13.3. The molecule has 7 nitrogen and oxygen atoms in total. The first-order chi connectivity index (χ1) is 9.73. The number of hydrogen-bond acceptors (Lipinski definition) is 5. The maximum absolute atomic E-state index is 12.6. The fourth-order valence-electron chi connectivity index (χ4n) is 2.48. The molecule has 0 amide bonds. The van der Waals surface area contributed by atoms with Crippen LogP contribution in [0.3, 0.4) is 0 Å². The maximum Gasteiger partial charge on any atom is 0.354 e. The third-order valence-corrected chi connectivity index (χ3v) is 5.84. The average Bonchev–Trinajstić information content (AvgIpc) is 3.03. The smallest absolute Gasteiger partial charge is 0.354 e. The second-order valence-corrected chi connectivity index (χ2v) is 7.70. The van der Waals surface area contributed by atoms with Crippen LogP contribution in [0.5, 0.6) is 0 Å². The number of aromatic nitrogens is 1. The summed E-state index contributed by atoms with van der Waals surface area (Å²) in [6.07, 6.45) is 2.17. The van der Waals surface area contributed by atoms with Crippen molar-refractivity contribution in [1.82, 2.24) is 8.87 Å². The van der Waals surface area contributed by atoms with Crippen LogP contribution in [0.4, 0.5) is 0 Å². The topological polar surface area (TPSA) is 94.6 Å². The Morgan fingerprint density at radius 3 is 2.71 bits per heavy atom. The van der Waals surface area contributed by atoms with E-state index in [9.17, 15) is 13.2 Å². The molecule has 1 unspecified atom stereocenters. The van der Waals surface area contributed by atoms with Gasteiger partial charge in [-0.3, -0.25) is 0 Å². The molecular weight excluding hydrogens is 294 g/mol.